The van der Waals surface area contributed by atoms with Gasteiger partial charge >= 0.3 is 0 Å². The molecule has 0 spiro atoms. The van der Waals surface area contributed by atoms with E-state index in [1.165, 1.54) is 102 Å². The Kier molecular flexibility index (Phi) is 18.2. The van der Waals surface area contributed by atoms with Crippen LogP contribution in [0.25, 0.3) is 0 Å². The van der Waals surface area contributed by atoms with E-state index < -0.39 is 0 Å². The third-order valence-electron chi connectivity index (χ3n) is 6.56. The lowest BCUT2D eigenvalue weighted by Crippen LogP contribution is -2.40. The van der Waals surface area contributed by atoms with Gasteiger partial charge in [-0.15, -0.1) is 17.0 Å². The van der Waals surface area contributed by atoms with Crippen LogP contribution < -0.4 is 5.73 Å². The Morgan fingerprint density at radius 3 is 1.45 bits per heavy atom. The molecule has 29 heavy (non-hydrogen) atoms. The fraction of sp³-hybridized carbons (Fsp3) is 0.778. The highest BCUT2D eigenvalue weighted by Crippen LogP contribution is 2.28. The van der Waals surface area contributed by atoms with Crippen molar-refractivity contribution < 1.29 is 0 Å². The predicted octanol–water partition coefficient (Wildman–Crippen LogP) is 9.13. The minimum absolute atomic E-state index is 0. The highest BCUT2D eigenvalue weighted by atomic mass is 79.9. The number of nitrogens with two attached hydrogens (primary N) is 1. The molecule has 170 valence electrons. The van der Waals surface area contributed by atoms with Crippen molar-refractivity contribution in [1.29, 1.82) is 0 Å². The van der Waals surface area contributed by atoms with Gasteiger partial charge in [-0.25, -0.2) is 0 Å². The standard InChI is InChI=1S/C27H49N.BrH/c1-4-5-6-7-8-9-10-11-12-13-14-15-16-17-21-24-26(28)27(2,3)25-22-19-18-20-23-25;/h18-20,22-23,26H,4-17,21,24,28H2,1-3H3;1H. The number of benzene rings is 1. The molecule has 0 aliphatic carbocycles. The molecule has 0 saturated heterocycles. The summed E-state index contributed by atoms with van der Waals surface area (Å²) in [6.07, 6.45) is 22.4. The van der Waals surface area contributed by atoms with E-state index in [2.05, 4.69) is 51.1 Å². The van der Waals surface area contributed by atoms with Crippen molar-refractivity contribution in [2.24, 2.45) is 5.73 Å². The topological polar surface area (TPSA) is 26.0 Å². The van der Waals surface area contributed by atoms with Crippen LogP contribution in [-0.2, 0) is 5.41 Å². The summed E-state index contributed by atoms with van der Waals surface area (Å²) >= 11 is 0. The van der Waals surface area contributed by atoms with Gasteiger partial charge in [-0.05, 0) is 12.0 Å². The molecule has 1 aromatic carbocycles. The van der Waals surface area contributed by atoms with Crippen molar-refractivity contribution in [1.82, 2.24) is 0 Å². The van der Waals surface area contributed by atoms with E-state index in [-0.39, 0.29) is 28.4 Å². The lowest BCUT2D eigenvalue weighted by molar-refractivity contribution is 0.375. The molecule has 0 radical (unpaired) electrons. The number of halogens is 1. The lowest BCUT2D eigenvalue weighted by Gasteiger charge is -2.32. The molecule has 2 N–H and O–H groups in total. The van der Waals surface area contributed by atoms with Gasteiger partial charge in [-0.3, -0.25) is 0 Å². The molecule has 0 amide bonds. The number of hydrogen-bond acceptors (Lipinski definition) is 1. The largest absolute Gasteiger partial charge is 0.327 e. The summed E-state index contributed by atoms with van der Waals surface area (Å²) in [6.45, 7) is 6.87. The normalized spacial score (nSPS) is 12.6. The first-order valence-corrected chi connectivity index (χ1v) is 12.4. The maximum atomic E-state index is 6.54. The molecule has 0 bridgehead atoms. The van der Waals surface area contributed by atoms with Gasteiger partial charge in [-0.1, -0.05) is 147 Å². The Balaban J connectivity index is 0.00000784. The third kappa shape index (κ3) is 13.6. The SMILES string of the molecule is Br.CCCCCCCCCCCCCCCCCC(N)C(C)(C)c1ccccc1. The van der Waals surface area contributed by atoms with Crippen LogP contribution in [0.1, 0.15) is 129 Å². The van der Waals surface area contributed by atoms with E-state index in [0.29, 0.717) is 0 Å². The maximum absolute atomic E-state index is 6.54. The molecule has 0 aliphatic rings. The first-order chi connectivity index (χ1) is 13.6. The van der Waals surface area contributed by atoms with Crippen LogP contribution in [0.5, 0.6) is 0 Å². The maximum Gasteiger partial charge on any atom is 0.0131 e. The molecule has 1 unspecified atom stereocenters. The molecule has 1 aromatic rings. The van der Waals surface area contributed by atoms with Crippen LogP contribution in [0, 0.1) is 0 Å². The van der Waals surface area contributed by atoms with Crippen LogP contribution in [0.4, 0.5) is 0 Å². The molecular weight excluding hydrogens is 418 g/mol. The third-order valence-corrected chi connectivity index (χ3v) is 6.56. The van der Waals surface area contributed by atoms with Crippen LogP contribution in [0.3, 0.4) is 0 Å². The van der Waals surface area contributed by atoms with Gasteiger partial charge in [0.05, 0.1) is 0 Å². The second kappa shape index (κ2) is 18.4. The van der Waals surface area contributed by atoms with Crippen LogP contribution in [0.2, 0.25) is 0 Å². The number of hydrogen-bond donors (Lipinski definition) is 1. The fourth-order valence-corrected chi connectivity index (χ4v) is 4.18. The molecule has 1 nitrogen and oxygen atoms in total. The van der Waals surface area contributed by atoms with Gasteiger partial charge in [0.2, 0.25) is 0 Å². The van der Waals surface area contributed by atoms with Crippen molar-refractivity contribution in [2.75, 3.05) is 0 Å². The lowest BCUT2D eigenvalue weighted by atomic mass is 9.76. The number of unbranched alkanes of at least 4 members (excludes halogenated alkanes) is 14. The summed E-state index contributed by atoms with van der Waals surface area (Å²) in [7, 11) is 0. The second-order valence-corrected chi connectivity index (χ2v) is 9.43. The smallest absolute Gasteiger partial charge is 0.0131 e. The van der Waals surface area contributed by atoms with E-state index in [9.17, 15) is 0 Å². The molecule has 0 heterocycles. The Morgan fingerprint density at radius 2 is 1.03 bits per heavy atom. The van der Waals surface area contributed by atoms with Crippen molar-refractivity contribution in [3.63, 3.8) is 0 Å². The van der Waals surface area contributed by atoms with Crippen LogP contribution in [0.15, 0.2) is 30.3 Å². The zero-order valence-electron chi connectivity index (χ0n) is 19.8. The number of rotatable bonds is 18. The van der Waals surface area contributed by atoms with Crippen molar-refractivity contribution in [2.45, 2.75) is 135 Å². The summed E-state index contributed by atoms with van der Waals surface area (Å²) in [5, 5.41) is 0. The molecule has 0 fully saturated rings. The Labute approximate surface area is 193 Å². The van der Waals surface area contributed by atoms with Crippen molar-refractivity contribution in [3.8, 4) is 0 Å². The molecular formula is C27H50BrN. The van der Waals surface area contributed by atoms with Gasteiger partial charge in [0.1, 0.15) is 0 Å². The molecule has 2 heteroatoms. The highest BCUT2D eigenvalue weighted by molar-refractivity contribution is 8.93. The van der Waals surface area contributed by atoms with E-state index in [1.54, 1.807) is 0 Å². The van der Waals surface area contributed by atoms with Crippen molar-refractivity contribution >= 4 is 17.0 Å². The summed E-state index contributed by atoms with van der Waals surface area (Å²) in [5.41, 5.74) is 7.97. The molecule has 1 atom stereocenters. The monoisotopic (exact) mass is 467 g/mol. The Morgan fingerprint density at radius 1 is 0.655 bits per heavy atom. The summed E-state index contributed by atoms with van der Waals surface area (Å²) < 4.78 is 0. The van der Waals surface area contributed by atoms with E-state index in [0.717, 1.165) is 6.42 Å². The quantitative estimate of drug-likeness (QED) is 0.214. The van der Waals surface area contributed by atoms with Gasteiger partial charge in [0, 0.05) is 11.5 Å². The summed E-state index contributed by atoms with van der Waals surface area (Å²) in [4.78, 5) is 0. The first-order valence-electron chi connectivity index (χ1n) is 12.4. The predicted molar refractivity (Wildman–Crippen MR) is 137 cm³/mol. The minimum Gasteiger partial charge on any atom is -0.327 e. The van der Waals surface area contributed by atoms with E-state index >= 15 is 0 Å². The molecule has 0 aliphatic heterocycles. The summed E-state index contributed by atoms with van der Waals surface area (Å²) in [6, 6.07) is 11.0. The Hall–Kier alpha value is -0.340. The molecule has 1 rings (SSSR count). The van der Waals surface area contributed by atoms with Gasteiger partial charge in [0.25, 0.3) is 0 Å². The van der Waals surface area contributed by atoms with Gasteiger partial charge < -0.3 is 5.73 Å². The average molecular weight is 469 g/mol. The molecule has 0 aromatic heterocycles. The highest BCUT2D eigenvalue weighted by Gasteiger charge is 2.27. The molecule has 0 saturated carbocycles. The Bertz CT molecular complexity index is 457. The average Bonchev–Trinajstić information content (AvgIpc) is 2.71. The summed E-state index contributed by atoms with van der Waals surface area (Å²) in [5.74, 6) is 0. The van der Waals surface area contributed by atoms with Crippen LogP contribution >= 0.6 is 17.0 Å². The zero-order chi connectivity index (χ0) is 20.5. The van der Waals surface area contributed by atoms with E-state index in [4.69, 9.17) is 5.73 Å². The van der Waals surface area contributed by atoms with Gasteiger partial charge in [0.15, 0.2) is 0 Å². The fourth-order valence-electron chi connectivity index (χ4n) is 4.18. The van der Waals surface area contributed by atoms with E-state index in [1.807, 2.05) is 0 Å². The minimum atomic E-state index is 0. The van der Waals surface area contributed by atoms with Crippen molar-refractivity contribution in [3.05, 3.63) is 35.9 Å². The first kappa shape index (κ1) is 28.7. The second-order valence-electron chi connectivity index (χ2n) is 9.43. The van der Waals surface area contributed by atoms with Crippen LogP contribution in [-0.4, -0.2) is 6.04 Å². The zero-order valence-corrected chi connectivity index (χ0v) is 21.5. The van der Waals surface area contributed by atoms with Gasteiger partial charge in [-0.2, -0.15) is 0 Å².